The van der Waals surface area contributed by atoms with Crippen LogP contribution in [0.25, 0.3) is 0 Å². The lowest BCUT2D eigenvalue weighted by Gasteiger charge is -2.07. The summed E-state index contributed by atoms with van der Waals surface area (Å²) in [5.41, 5.74) is 0.0559. The monoisotopic (exact) mass is 325 g/mol. The van der Waals surface area contributed by atoms with Crippen molar-refractivity contribution in [3.8, 4) is 11.8 Å². The van der Waals surface area contributed by atoms with Gasteiger partial charge in [0.2, 0.25) is 0 Å². The van der Waals surface area contributed by atoms with Gasteiger partial charge in [-0.05, 0) is 44.0 Å². The number of nitrogens with zero attached hydrogens (tertiary/aromatic N) is 1. The maximum Gasteiger partial charge on any atom is 0.387 e. The van der Waals surface area contributed by atoms with E-state index in [1.54, 1.807) is 6.07 Å². The average molecular weight is 327 g/mol. The normalized spacial score (nSPS) is 10.0. The molecule has 0 heterocycles. The quantitative estimate of drug-likeness (QED) is 0.830. The van der Waals surface area contributed by atoms with E-state index < -0.39 is 6.61 Å². The summed E-state index contributed by atoms with van der Waals surface area (Å²) in [5, 5.41) is 8.64. The zero-order valence-corrected chi connectivity index (χ0v) is 9.77. The van der Waals surface area contributed by atoms with Gasteiger partial charge < -0.3 is 4.74 Å². The third-order valence-corrected chi connectivity index (χ3v) is 3.20. The lowest BCUT2D eigenvalue weighted by atomic mass is 10.2. The van der Waals surface area contributed by atoms with Gasteiger partial charge in [-0.3, -0.25) is 0 Å². The molecule has 74 valence electrons. The molecule has 0 unspecified atom stereocenters. The number of nitriles is 1. The number of alkyl halides is 2. The fraction of sp³-hybridized carbons (Fsp3) is 0.125. The van der Waals surface area contributed by atoms with Crippen molar-refractivity contribution in [3.05, 3.63) is 26.6 Å². The van der Waals surface area contributed by atoms with Crippen LogP contribution in [0.4, 0.5) is 8.78 Å². The maximum atomic E-state index is 11.9. The Morgan fingerprint density at radius 1 is 1.29 bits per heavy atom. The molecule has 1 rings (SSSR count). The zero-order chi connectivity index (χ0) is 10.7. The number of halogens is 4. The van der Waals surface area contributed by atoms with Crippen LogP contribution in [-0.2, 0) is 0 Å². The Hall–Kier alpha value is -0.670. The molecule has 2 nitrogen and oxygen atoms in total. The second-order valence-corrected chi connectivity index (χ2v) is 3.96. The van der Waals surface area contributed by atoms with Crippen molar-refractivity contribution in [2.24, 2.45) is 0 Å². The molecule has 0 N–H and O–H groups in total. The van der Waals surface area contributed by atoms with Crippen LogP contribution in [0.15, 0.2) is 21.1 Å². The Morgan fingerprint density at radius 2 is 1.86 bits per heavy atom. The maximum absolute atomic E-state index is 11.9. The first-order valence-corrected chi connectivity index (χ1v) is 4.97. The number of benzene rings is 1. The molecule has 0 aromatic heterocycles. The minimum absolute atomic E-state index is 0.0559. The first-order chi connectivity index (χ1) is 6.54. The van der Waals surface area contributed by atoms with Gasteiger partial charge in [-0.25, -0.2) is 0 Å². The third-order valence-electron chi connectivity index (χ3n) is 1.36. The molecular weight excluding hydrogens is 324 g/mol. The molecule has 0 radical (unpaired) electrons. The molecule has 1 aromatic rings. The SMILES string of the molecule is N#Cc1cc(Br)c(Br)cc1OC(F)F. The van der Waals surface area contributed by atoms with Gasteiger partial charge in [-0.15, -0.1) is 0 Å². The van der Waals surface area contributed by atoms with E-state index in [4.69, 9.17) is 5.26 Å². The summed E-state index contributed by atoms with van der Waals surface area (Å²) in [5.74, 6) is -0.141. The summed E-state index contributed by atoms with van der Waals surface area (Å²) in [7, 11) is 0. The molecule has 0 aliphatic heterocycles. The van der Waals surface area contributed by atoms with E-state index in [1.165, 1.54) is 12.1 Å². The molecule has 6 heteroatoms. The van der Waals surface area contributed by atoms with E-state index in [2.05, 4.69) is 36.6 Å². The van der Waals surface area contributed by atoms with E-state index in [0.29, 0.717) is 8.95 Å². The van der Waals surface area contributed by atoms with Gasteiger partial charge in [0.1, 0.15) is 11.8 Å². The van der Waals surface area contributed by atoms with Crippen LogP contribution in [0.1, 0.15) is 5.56 Å². The third kappa shape index (κ3) is 2.66. The standard InChI is InChI=1S/C8H3Br2F2NO/c9-5-1-4(3-13)7(2-6(5)10)14-8(11)12/h1-2,8H. The van der Waals surface area contributed by atoms with Crippen molar-refractivity contribution in [2.75, 3.05) is 0 Å². The molecule has 1 aromatic carbocycles. The highest BCUT2D eigenvalue weighted by atomic mass is 79.9. The van der Waals surface area contributed by atoms with Gasteiger partial charge in [-0.2, -0.15) is 14.0 Å². The highest BCUT2D eigenvalue weighted by Crippen LogP contribution is 2.31. The molecular formula is C8H3Br2F2NO. The Kier molecular flexibility index (Phi) is 3.84. The second kappa shape index (κ2) is 4.71. The van der Waals surface area contributed by atoms with Crippen molar-refractivity contribution in [1.82, 2.24) is 0 Å². The lowest BCUT2D eigenvalue weighted by Crippen LogP contribution is -2.03. The smallest absolute Gasteiger partial charge is 0.387 e. The molecule has 0 aliphatic rings. The van der Waals surface area contributed by atoms with Crippen molar-refractivity contribution >= 4 is 31.9 Å². The first kappa shape index (κ1) is 11.4. The van der Waals surface area contributed by atoms with Crippen LogP contribution >= 0.6 is 31.9 Å². The minimum Gasteiger partial charge on any atom is -0.433 e. The fourth-order valence-corrected chi connectivity index (χ4v) is 1.48. The molecule has 0 fully saturated rings. The van der Waals surface area contributed by atoms with Gasteiger partial charge in [0, 0.05) is 8.95 Å². The lowest BCUT2D eigenvalue weighted by molar-refractivity contribution is -0.0500. The minimum atomic E-state index is -2.94. The molecule has 0 saturated heterocycles. The molecule has 0 atom stereocenters. The predicted molar refractivity (Wildman–Crippen MR) is 53.2 cm³/mol. The van der Waals surface area contributed by atoms with Gasteiger partial charge in [-0.1, -0.05) is 0 Å². The van der Waals surface area contributed by atoms with Crippen molar-refractivity contribution in [2.45, 2.75) is 6.61 Å². The molecule has 0 spiro atoms. The van der Waals surface area contributed by atoms with Gasteiger partial charge in [0.25, 0.3) is 0 Å². The summed E-state index contributed by atoms with van der Waals surface area (Å²) in [4.78, 5) is 0. The van der Waals surface area contributed by atoms with Crippen LogP contribution in [0.5, 0.6) is 5.75 Å². The van der Waals surface area contributed by atoms with Crippen LogP contribution in [0.3, 0.4) is 0 Å². The highest BCUT2D eigenvalue weighted by Gasteiger charge is 2.12. The predicted octanol–water partition coefficient (Wildman–Crippen LogP) is 3.68. The van der Waals surface area contributed by atoms with E-state index in [1.807, 2.05) is 0 Å². The van der Waals surface area contributed by atoms with Gasteiger partial charge in [0.05, 0.1) is 5.56 Å². The molecule has 0 bridgehead atoms. The molecule has 0 saturated carbocycles. The number of rotatable bonds is 2. The van der Waals surface area contributed by atoms with Crippen molar-refractivity contribution in [1.29, 1.82) is 5.26 Å². The Bertz CT molecular complexity index is 390. The topological polar surface area (TPSA) is 33.0 Å². The number of hydrogen-bond donors (Lipinski definition) is 0. The van der Waals surface area contributed by atoms with Crippen LogP contribution in [0.2, 0.25) is 0 Å². The Balaban J connectivity index is 3.15. The average Bonchev–Trinajstić information content (AvgIpc) is 2.10. The number of hydrogen-bond acceptors (Lipinski definition) is 2. The van der Waals surface area contributed by atoms with Crippen molar-refractivity contribution < 1.29 is 13.5 Å². The molecule has 0 amide bonds. The second-order valence-electron chi connectivity index (χ2n) is 2.25. The van der Waals surface area contributed by atoms with Crippen LogP contribution < -0.4 is 4.74 Å². The Morgan fingerprint density at radius 3 is 2.36 bits per heavy atom. The van der Waals surface area contributed by atoms with Gasteiger partial charge in [0.15, 0.2) is 0 Å². The van der Waals surface area contributed by atoms with Crippen LogP contribution in [0, 0.1) is 11.3 Å². The molecule has 0 aliphatic carbocycles. The molecule has 14 heavy (non-hydrogen) atoms. The van der Waals surface area contributed by atoms with Gasteiger partial charge >= 0.3 is 6.61 Å². The largest absolute Gasteiger partial charge is 0.433 e. The zero-order valence-electron chi connectivity index (χ0n) is 6.60. The van der Waals surface area contributed by atoms with E-state index in [0.717, 1.165) is 0 Å². The van der Waals surface area contributed by atoms with Crippen molar-refractivity contribution in [3.63, 3.8) is 0 Å². The first-order valence-electron chi connectivity index (χ1n) is 3.38. The summed E-state index contributed by atoms with van der Waals surface area (Å²) in [6, 6.07) is 4.48. The summed E-state index contributed by atoms with van der Waals surface area (Å²) in [6.45, 7) is -2.94. The summed E-state index contributed by atoms with van der Waals surface area (Å²) < 4.78 is 29.1. The van der Waals surface area contributed by atoms with E-state index in [9.17, 15) is 8.78 Å². The van der Waals surface area contributed by atoms with Crippen LogP contribution in [-0.4, -0.2) is 6.61 Å². The van der Waals surface area contributed by atoms with E-state index in [-0.39, 0.29) is 11.3 Å². The van der Waals surface area contributed by atoms with E-state index >= 15 is 0 Å². The highest BCUT2D eigenvalue weighted by molar-refractivity contribution is 9.13. The summed E-state index contributed by atoms with van der Waals surface area (Å²) in [6.07, 6.45) is 0. The Labute approximate surface area is 95.7 Å². The number of ether oxygens (including phenoxy) is 1. The summed E-state index contributed by atoms with van der Waals surface area (Å²) >= 11 is 6.26. The fourth-order valence-electron chi connectivity index (χ4n) is 0.809.